The summed E-state index contributed by atoms with van der Waals surface area (Å²) >= 11 is 0. The van der Waals surface area contributed by atoms with Crippen molar-refractivity contribution in [3.05, 3.63) is 48.0 Å². The Morgan fingerprint density at radius 1 is 1.11 bits per heavy atom. The Hall–Kier alpha value is -2.86. The highest BCUT2D eigenvalue weighted by molar-refractivity contribution is 6.05. The van der Waals surface area contributed by atoms with Gasteiger partial charge in [0.05, 0.1) is 12.3 Å². The van der Waals surface area contributed by atoms with Crippen LogP contribution in [0.4, 0.5) is 5.69 Å². The first-order chi connectivity index (χ1) is 13.6. The van der Waals surface area contributed by atoms with Crippen molar-refractivity contribution in [2.75, 3.05) is 31.1 Å². The lowest BCUT2D eigenvalue weighted by Crippen LogP contribution is -2.49. The number of nitrogens with one attached hydrogen (secondary N) is 1. The summed E-state index contributed by atoms with van der Waals surface area (Å²) in [6, 6.07) is 10.8. The lowest BCUT2D eigenvalue weighted by atomic mass is 10.00. The summed E-state index contributed by atoms with van der Waals surface area (Å²) in [7, 11) is 0. The number of allylic oxidation sites excluding steroid dienone is 1. The SMILES string of the molecule is CC1=NN2CC(c3cc4ccc(N5CCNC(C)C5)cc4cc3O)N=C2C=C1. The Balaban J connectivity index is 1.46. The van der Waals surface area contributed by atoms with Crippen molar-refractivity contribution in [1.29, 1.82) is 0 Å². The number of aliphatic imine (C=N–C) groups is 1. The number of phenolic OH excluding ortho intramolecular Hbond substituents is 1. The first kappa shape index (κ1) is 17.3. The van der Waals surface area contributed by atoms with Gasteiger partial charge in [-0.15, -0.1) is 0 Å². The van der Waals surface area contributed by atoms with Gasteiger partial charge in [0, 0.05) is 36.9 Å². The van der Waals surface area contributed by atoms with E-state index in [1.165, 1.54) is 5.69 Å². The minimum atomic E-state index is -0.104. The summed E-state index contributed by atoms with van der Waals surface area (Å²) in [5, 5.41) is 22.8. The molecule has 0 bridgehead atoms. The molecule has 2 aromatic rings. The third kappa shape index (κ3) is 3.03. The van der Waals surface area contributed by atoms with E-state index in [4.69, 9.17) is 4.99 Å². The maximum Gasteiger partial charge on any atom is 0.144 e. The summed E-state index contributed by atoms with van der Waals surface area (Å²) in [4.78, 5) is 7.16. The van der Waals surface area contributed by atoms with E-state index in [1.54, 1.807) is 0 Å². The molecule has 5 rings (SSSR count). The molecule has 2 unspecified atom stereocenters. The van der Waals surface area contributed by atoms with Gasteiger partial charge in [0.2, 0.25) is 0 Å². The number of hydrazone groups is 1. The number of hydrogen-bond acceptors (Lipinski definition) is 6. The predicted molar refractivity (Wildman–Crippen MR) is 114 cm³/mol. The van der Waals surface area contributed by atoms with Crippen LogP contribution in [-0.4, -0.2) is 53.9 Å². The van der Waals surface area contributed by atoms with Crippen molar-refractivity contribution in [3.63, 3.8) is 0 Å². The highest BCUT2D eigenvalue weighted by Crippen LogP contribution is 2.36. The standard InChI is InChI=1S/C22H25N5O/c1-14-3-6-22-24-20(13-27(22)25-14)19-10-16-4-5-18(9-17(16)11-21(19)28)26-8-7-23-15(2)12-26/h3-6,9-11,15,20,23,28H,7-8,12-13H2,1-2H3. The molecule has 1 saturated heterocycles. The smallest absolute Gasteiger partial charge is 0.144 e. The molecule has 0 saturated carbocycles. The molecule has 28 heavy (non-hydrogen) atoms. The summed E-state index contributed by atoms with van der Waals surface area (Å²) in [5.74, 6) is 1.16. The molecule has 144 valence electrons. The van der Waals surface area contributed by atoms with Gasteiger partial charge < -0.3 is 15.3 Å². The van der Waals surface area contributed by atoms with Gasteiger partial charge in [-0.2, -0.15) is 5.10 Å². The molecule has 2 N–H and O–H groups in total. The summed E-state index contributed by atoms with van der Waals surface area (Å²) in [5.41, 5.74) is 3.04. The highest BCUT2D eigenvalue weighted by Gasteiger charge is 2.28. The van der Waals surface area contributed by atoms with Crippen LogP contribution in [-0.2, 0) is 0 Å². The number of piperazine rings is 1. The second-order valence-electron chi connectivity index (χ2n) is 7.90. The van der Waals surface area contributed by atoms with Crippen molar-refractivity contribution in [1.82, 2.24) is 10.3 Å². The number of anilines is 1. The summed E-state index contributed by atoms with van der Waals surface area (Å²) in [6.45, 7) is 7.85. The van der Waals surface area contributed by atoms with Gasteiger partial charge in [-0.05, 0) is 61.0 Å². The Bertz CT molecular complexity index is 1030. The molecule has 1 fully saturated rings. The van der Waals surface area contributed by atoms with Crippen LogP contribution in [0.5, 0.6) is 5.75 Å². The van der Waals surface area contributed by atoms with Crippen molar-refractivity contribution < 1.29 is 5.11 Å². The van der Waals surface area contributed by atoms with Crippen molar-refractivity contribution in [3.8, 4) is 5.75 Å². The van der Waals surface area contributed by atoms with E-state index in [9.17, 15) is 5.11 Å². The molecule has 0 spiro atoms. The minimum Gasteiger partial charge on any atom is -0.508 e. The average molecular weight is 375 g/mol. The van der Waals surface area contributed by atoms with Crippen LogP contribution in [0.15, 0.2) is 52.6 Å². The molecule has 3 aliphatic heterocycles. The van der Waals surface area contributed by atoms with Crippen LogP contribution in [0.1, 0.15) is 25.5 Å². The van der Waals surface area contributed by atoms with E-state index < -0.39 is 0 Å². The second-order valence-corrected chi connectivity index (χ2v) is 7.90. The van der Waals surface area contributed by atoms with Crippen LogP contribution < -0.4 is 10.2 Å². The number of amidine groups is 1. The van der Waals surface area contributed by atoms with Gasteiger partial charge in [0.15, 0.2) is 0 Å². The number of phenols is 1. The quantitative estimate of drug-likeness (QED) is 0.847. The first-order valence-corrected chi connectivity index (χ1v) is 9.90. The van der Waals surface area contributed by atoms with Gasteiger partial charge in [-0.1, -0.05) is 6.07 Å². The molecule has 2 atom stereocenters. The fourth-order valence-corrected chi connectivity index (χ4v) is 4.25. The van der Waals surface area contributed by atoms with Gasteiger partial charge in [0.1, 0.15) is 17.6 Å². The molecular formula is C22H25N5O. The van der Waals surface area contributed by atoms with E-state index >= 15 is 0 Å². The lowest BCUT2D eigenvalue weighted by molar-refractivity contribution is 0.431. The topological polar surface area (TPSA) is 63.5 Å². The zero-order chi connectivity index (χ0) is 19.3. The number of fused-ring (bicyclic) bond motifs is 2. The van der Waals surface area contributed by atoms with Crippen LogP contribution >= 0.6 is 0 Å². The largest absolute Gasteiger partial charge is 0.508 e. The molecule has 0 amide bonds. The van der Waals surface area contributed by atoms with Crippen LogP contribution in [0.3, 0.4) is 0 Å². The van der Waals surface area contributed by atoms with Crippen molar-refractivity contribution in [2.45, 2.75) is 25.9 Å². The number of rotatable bonds is 2. The Morgan fingerprint density at radius 3 is 2.86 bits per heavy atom. The Morgan fingerprint density at radius 2 is 2.00 bits per heavy atom. The molecule has 3 aliphatic rings. The number of hydrogen-bond donors (Lipinski definition) is 2. The van der Waals surface area contributed by atoms with E-state index in [2.05, 4.69) is 46.5 Å². The Kier molecular flexibility index (Phi) is 4.09. The monoisotopic (exact) mass is 375 g/mol. The number of nitrogens with zero attached hydrogens (tertiary/aromatic N) is 4. The summed E-state index contributed by atoms with van der Waals surface area (Å²) < 4.78 is 0. The molecule has 2 aromatic carbocycles. The van der Waals surface area contributed by atoms with E-state index in [-0.39, 0.29) is 6.04 Å². The van der Waals surface area contributed by atoms with E-state index in [1.807, 2.05) is 30.2 Å². The fraction of sp³-hybridized carbons (Fsp3) is 0.364. The third-order valence-corrected chi connectivity index (χ3v) is 5.71. The maximum atomic E-state index is 10.7. The summed E-state index contributed by atoms with van der Waals surface area (Å²) in [6.07, 6.45) is 3.96. The van der Waals surface area contributed by atoms with E-state index in [0.29, 0.717) is 18.3 Å². The van der Waals surface area contributed by atoms with E-state index in [0.717, 1.165) is 47.5 Å². The van der Waals surface area contributed by atoms with Gasteiger partial charge in [0.25, 0.3) is 0 Å². The average Bonchev–Trinajstić information content (AvgIpc) is 3.10. The van der Waals surface area contributed by atoms with Gasteiger partial charge in [-0.25, -0.2) is 5.01 Å². The predicted octanol–water partition coefficient (Wildman–Crippen LogP) is 3.04. The second kappa shape index (κ2) is 6.63. The third-order valence-electron chi connectivity index (χ3n) is 5.71. The molecule has 0 radical (unpaired) electrons. The van der Waals surface area contributed by atoms with Crippen LogP contribution in [0.2, 0.25) is 0 Å². The fourth-order valence-electron chi connectivity index (χ4n) is 4.25. The lowest BCUT2D eigenvalue weighted by Gasteiger charge is -2.33. The Labute approximate surface area is 164 Å². The molecule has 0 aromatic heterocycles. The van der Waals surface area contributed by atoms with Crippen LogP contribution in [0.25, 0.3) is 10.8 Å². The molecule has 3 heterocycles. The molecule has 6 heteroatoms. The zero-order valence-corrected chi connectivity index (χ0v) is 16.3. The number of aromatic hydroxyl groups is 1. The minimum absolute atomic E-state index is 0.104. The molecule has 6 nitrogen and oxygen atoms in total. The first-order valence-electron chi connectivity index (χ1n) is 9.90. The molecule has 0 aliphatic carbocycles. The van der Waals surface area contributed by atoms with Crippen molar-refractivity contribution in [2.24, 2.45) is 10.1 Å². The van der Waals surface area contributed by atoms with Crippen molar-refractivity contribution >= 4 is 28.0 Å². The van der Waals surface area contributed by atoms with Gasteiger partial charge >= 0.3 is 0 Å². The highest BCUT2D eigenvalue weighted by atomic mass is 16.3. The zero-order valence-electron chi connectivity index (χ0n) is 16.3. The molecular weight excluding hydrogens is 350 g/mol. The van der Waals surface area contributed by atoms with Gasteiger partial charge in [-0.3, -0.25) is 4.99 Å². The maximum absolute atomic E-state index is 10.7. The number of benzene rings is 2. The normalized spacial score (nSPS) is 24.4. The van der Waals surface area contributed by atoms with Crippen LogP contribution in [0, 0.1) is 0 Å².